The van der Waals surface area contributed by atoms with Gasteiger partial charge in [-0.15, -0.1) is 0 Å². The molecule has 0 aliphatic heterocycles. The average molecular weight is 478 g/mol. The number of fused-ring (bicyclic) bond motifs is 1. The van der Waals surface area contributed by atoms with Crippen molar-refractivity contribution in [3.8, 4) is 0 Å². The molecule has 4 rings (SSSR count). The third-order valence-electron chi connectivity index (χ3n) is 6.96. The van der Waals surface area contributed by atoms with Crippen molar-refractivity contribution in [1.29, 1.82) is 0 Å². The number of anilines is 2. The molecule has 0 saturated carbocycles. The number of nitrogens with zero attached hydrogens (tertiary/aromatic N) is 2. The molecule has 1 atom stereocenters. The Morgan fingerprint density at radius 2 is 1.47 bits per heavy atom. The fraction of sp³-hybridized carbons (Fsp3) is 0.303. The highest BCUT2D eigenvalue weighted by Gasteiger charge is 2.16. The van der Waals surface area contributed by atoms with Crippen molar-refractivity contribution in [2.75, 3.05) is 29.9 Å². The maximum absolute atomic E-state index is 4.83. The SMILES string of the molecule is CCNc1ccc(C(=C2C=CC(=NC(C)CC)C=C2)c2ccc(N(CC)CC)cc2)c2ccccc12. The molecule has 0 saturated heterocycles. The molecular formula is C33H39N3. The van der Waals surface area contributed by atoms with E-state index in [9.17, 15) is 0 Å². The number of nitrogens with one attached hydrogen (secondary N) is 1. The molecule has 186 valence electrons. The Kier molecular flexibility index (Phi) is 8.43. The van der Waals surface area contributed by atoms with E-state index in [4.69, 9.17) is 4.99 Å². The number of hydrogen-bond donors (Lipinski definition) is 1. The van der Waals surface area contributed by atoms with Gasteiger partial charge < -0.3 is 10.2 Å². The second-order valence-corrected chi connectivity index (χ2v) is 9.26. The predicted octanol–water partition coefficient (Wildman–Crippen LogP) is 8.29. The van der Waals surface area contributed by atoms with E-state index in [1.54, 1.807) is 0 Å². The minimum absolute atomic E-state index is 0.328. The molecule has 3 nitrogen and oxygen atoms in total. The molecule has 3 heteroatoms. The lowest BCUT2D eigenvalue weighted by Crippen LogP contribution is -2.21. The van der Waals surface area contributed by atoms with Crippen LogP contribution in [0.2, 0.25) is 0 Å². The van der Waals surface area contributed by atoms with Crippen LogP contribution in [0.5, 0.6) is 0 Å². The Bertz CT molecular complexity index is 1290. The molecule has 0 bridgehead atoms. The molecule has 0 aromatic heterocycles. The maximum Gasteiger partial charge on any atom is 0.0577 e. The number of hydrogen-bond acceptors (Lipinski definition) is 3. The summed E-state index contributed by atoms with van der Waals surface area (Å²) in [5.41, 5.74) is 8.39. The summed E-state index contributed by atoms with van der Waals surface area (Å²) in [6.07, 6.45) is 9.80. The largest absolute Gasteiger partial charge is 0.385 e. The van der Waals surface area contributed by atoms with Crippen LogP contribution in [-0.4, -0.2) is 31.4 Å². The summed E-state index contributed by atoms with van der Waals surface area (Å²) in [7, 11) is 0. The second-order valence-electron chi connectivity index (χ2n) is 9.26. The number of aliphatic imine (C=N–C) groups is 1. The summed E-state index contributed by atoms with van der Waals surface area (Å²) in [5.74, 6) is 0. The first kappa shape index (κ1) is 25.5. The monoisotopic (exact) mass is 477 g/mol. The normalized spacial score (nSPS) is 13.7. The quantitative estimate of drug-likeness (QED) is 0.336. The van der Waals surface area contributed by atoms with Crippen molar-refractivity contribution in [1.82, 2.24) is 0 Å². The van der Waals surface area contributed by atoms with Crippen molar-refractivity contribution in [3.63, 3.8) is 0 Å². The molecule has 1 aliphatic carbocycles. The lowest BCUT2D eigenvalue weighted by atomic mass is 9.87. The van der Waals surface area contributed by atoms with Gasteiger partial charge in [-0.3, -0.25) is 4.99 Å². The van der Waals surface area contributed by atoms with Gasteiger partial charge in [0.15, 0.2) is 0 Å². The third kappa shape index (κ3) is 5.46. The summed E-state index contributed by atoms with van der Waals surface area (Å²) in [6.45, 7) is 13.8. The molecule has 0 heterocycles. The van der Waals surface area contributed by atoms with Crippen molar-refractivity contribution in [2.24, 2.45) is 4.99 Å². The maximum atomic E-state index is 4.83. The van der Waals surface area contributed by atoms with Crippen molar-refractivity contribution in [2.45, 2.75) is 47.1 Å². The van der Waals surface area contributed by atoms with Crippen LogP contribution >= 0.6 is 0 Å². The predicted molar refractivity (Wildman–Crippen MR) is 160 cm³/mol. The van der Waals surface area contributed by atoms with Crippen LogP contribution in [0.3, 0.4) is 0 Å². The fourth-order valence-corrected chi connectivity index (χ4v) is 4.83. The topological polar surface area (TPSA) is 27.6 Å². The molecule has 3 aromatic carbocycles. The van der Waals surface area contributed by atoms with E-state index < -0.39 is 0 Å². The lowest BCUT2D eigenvalue weighted by Gasteiger charge is -2.22. The Labute approximate surface area is 217 Å². The highest BCUT2D eigenvalue weighted by Crippen LogP contribution is 2.37. The van der Waals surface area contributed by atoms with E-state index >= 15 is 0 Å². The van der Waals surface area contributed by atoms with Gasteiger partial charge in [0.1, 0.15) is 0 Å². The van der Waals surface area contributed by atoms with Crippen molar-refractivity contribution in [3.05, 3.63) is 102 Å². The zero-order chi connectivity index (χ0) is 25.5. The molecule has 1 unspecified atom stereocenters. The van der Waals surface area contributed by atoms with E-state index in [2.05, 4.69) is 130 Å². The van der Waals surface area contributed by atoms with Crippen LogP contribution in [0.1, 0.15) is 52.2 Å². The average Bonchev–Trinajstić information content (AvgIpc) is 2.92. The van der Waals surface area contributed by atoms with Gasteiger partial charge in [-0.1, -0.05) is 61.5 Å². The van der Waals surface area contributed by atoms with Crippen molar-refractivity contribution >= 4 is 33.4 Å². The van der Waals surface area contributed by atoms with Crippen LogP contribution in [-0.2, 0) is 0 Å². The van der Waals surface area contributed by atoms with Gasteiger partial charge in [0, 0.05) is 42.4 Å². The van der Waals surface area contributed by atoms with Gasteiger partial charge in [-0.2, -0.15) is 0 Å². The van der Waals surface area contributed by atoms with Crippen LogP contribution in [0.4, 0.5) is 11.4 Å². The molecule has 0 fully saturated rings. The standard InChI is InChI=1S/C33H39N3/c1-6-24(5)35-27-18-14-25(15-19-27)33(26-16-20-28(21-17-26)36(8-3)9-4)31-22-23-32(34-7-2)30-13-11-10-12-29(30)31/h10-24,34H,6-9H2,1-5H3. The third-order valence-corrected chi connectivity index (χ3v) is 6.96. The van der Waals surface area contributed by atoms with Crippen LogP contribution < -0.4 is 10.2 Å². The van der Waals surface area contributed by atoms with Crippen LogP contribution in [0.25, 0.3) is 16.3 Å². The molecule has 1 aliphatic rings. The van der Waals surface area contributed by atoms with E-state index in [0.717, 1.165) is 31.8 Å². The van der Waals surface area contributed by atoms with Gasteiger partial charge in [0.05, 0.1) is 5.71 Å². The zero-order valence-corrected chi connectivity index (χ0v) is 22.4. The van der Waals surface area contributed by atoms with Gasteiger partial charge in [-0.25, -0.2) is 0 Å². The zero-order valence-electron chi connectivity index (χ0n) is 22.4. The van der Waals surface area contributed by atoms with Gasteiger partial charge in [0.2, 0.25) is 0 Å². The summed E-state index contributed by atoms with van der Waals surface area (Å²) in [5, 5.41) is 6.04. The van der Waals surface area contributed by atoms with E-state index in [1.165, 1.54) is 44.4 Å². The highest BCUT2D eigenvalue weighted by molar-refractivity contribution is 6.09. The molecule has 0 spiro atoms. The highest BCUT2D eigenvalue weighted by atomic mass is 15.1. The second kappa shape index (κ2) is 11.9. The molecule has 1 N–H and O–H groups in total. The lowest BCUT2D eigenvalue weighted by molar-refractivity contribution is 0.718. The molecule has 0 radical (unpaired) electrons. The van der Waals surface area contributed by atoms with E-state index in [-0.39, 0.29) is 0 Å². The van der Waals surface area contributed by atoms with Gasteiger partial charge in [-0.05, 0) is 92.1 Å². The van der Waals surface area contributed by atoms with E-state index in [0.29, 0.717) is 6.04 Å². The first-order valence-electron chi connectivity index (χ1n) is 13.4. The Morgan fingerprint density at radius 3 is 2.08 bits per heavy atom. The molecule has 3 aromatic rings. The number of benzene rings is 3. The Hall–Kier alpha value is -3.59. The summed E-state index contributed by atoms with van der Waals surface area (Å²) in [6, 6.07) is 22.6. The summed E-state index contributed by atoms with van der Waals surface area (Å²) >= 11 is 0. The number of allylic oxidation sites excluding steroid dienone is 5. The van der Waals surface area contributed by atoms with Crippen LogP contribution in [0, 0.1) is 0 Å². The minimum atomic E-state index is 0.328. The fourth-order valence-electron chi connectivity index (χ4n) is 4.83. The van der Waals surface area contributed by atoms with E-state index in [1.807, 2.05) is 0 Å². The van der Waals surface area contributed by atoms with Gasteiger partial charge in [0.25, 0.3) is 0 Å². The van der Waals surface area contributed by atoms with Crippen molar-refractivity contribution < 1.29 is 0 Å². The Balaban J connectivity index is 1.89. The first-order chi connectivity index (χ1) is 17.6. The molecular weight excluding hydrogens is 438 g/mol. The van der Waals surface area contributed by atoms with Gasteiger partial charge >= 0.3 is 0 Å². The summed E-state index contributed by atoms with van der Waals surface area (Å²) in [4.78, 5) is 7.22. The smallest absolute Gasteiger partial charge is 0.0577 e. The first-order valence-corrected chi connectivity index (χ1v) is 13.4. The minimum Gasteiger partial charge on any atom is -0.385 e. The molecule has 0 amide bonds. The Morgan fingerprint density at radius 1 is 0.806 bits per heavy atom. The summed E-state index contributed by atoms with van der Waals surface area (Å²) < 4.78 is 0. The molecule has 36 heavy (non-hydrogen) atoms. The van der Waals surface area contributed by atoms with Crippen LogP contribution in [0.15, 0.2) is 95.5 Å². The number of rotatable bonds is 9.